The number of ether oxygens (including phenoxy) is 1. The summed E-state index contributed by atoms with van der Waals surface area (Å²) in [5.74, 6) is 2.80. The first kappa shape index (κ1) is 21.5. The molecule has 0 saturated heterocycles. The molecule has 3 aromatic rings. The van der Waals surface area contributed by atoms with Crippen molar-refractivity contribution >= 4 is 16.7 Å². The standard InChI is InChI=1S/C26H32FN3O/c1-18-6-3-4-8-19(9-5-7-18)16-28-26-23-14-21(20-10-12-22(27)13-11-20)15-24(31-2)25(23)29-17-30-26/h10-15,17-19H,3-9,16H2,1-2H3,(H,28,29,30). The zero-order chi connectivity index (χ0) is 21.6. The molecule has 1 aromatic heterocycles. The van der Waals surface area contributed by atoms with Gasteiger partial charge in [-0.3, -0.25) is 0 Å². The zero-order valence-corrected chi connectivity index (χ0v) is 18.5. The minimum atomic E-state index is -0.244. The number of hydrogen-bond donors (Lipinski definition) is 1. The van der Waals surface area contributed by atoms with Gasteiger partial charge in [0.1, 0.15) is 29.2 Å². The van der Waals surface area contributed by atoms with Gasteiger partial charge in [-0.25, -0.2) is 14.4 Å². The lowest BCUT2D eigenvalue weighted by Gasteiger charge is -2.18. The van der Waals surface area contributed by atoms with Crippen molar-refractivity contribution in [3.8, 4) is 16.9 Å². The molecule has 0 bridgehead atoms. The fourth-order valence-electron chi connectivity index (χ4n) is 4.66. The highest BCUT2D eigenvalue weighted by Crippen LogP contribution is 2.34. The third-order valence-corrected chi connectivity index (χ3v) is 6.53. The second kappa shape index (κ2) is 10.1. The highest BCUT2D eigenvalue weighted by atomic mass is 19.1. The smallest absolute Gasteiger partial charge is 0.145 e. The Hall–Kier alpha value is -2.69. The van der Waals surface area contributed by atoms with Crippen molar-refractivity contribution in [1.29, 1.82) is 0 Å². The molecule has 0 radical (unpaired) electrons. The van der Waals surface area contributed by atoms with Crippen molar-refractivity contribution in [3.05, 3.63) is 48.5 Å². The van der Waals surface area contributed by atoms with Gasteiger partial charge in [0.2, 0.25) is 0 Å². The van der Waals surface area contributed by atoms with Crippen LogP contribution in [0.15, 0.2) is 42.7 Å². The van der Waals surface area contributed by atoms with Gasteiger partial charge in [0.05, 0.1) is 7.11 Å². The summed E-state index contributed by atoms with van der Waals surface area (Å²) in [6, 6.07) is 10.5. The van der Waals surface area contributed by atoms with Crippen LogP contribution in [0.1, 0.15) is 51.9 Å². The van der Waals surface area contributed by atoms with E-state index in [1.165, 1.54) is 57.1 Å². The lowest BCUT2D eigenvalue weighted by molar-refractivity contribution is 0.419. The van der Waals surface area contributed by atoms with Crippen molar-refractivity contribution in [3.63, 3.8) is 0 Å². The fraction of sp³-hybridized carbons (Fsp3) is 0.462. The van der Waals surface area contributed by atoms with Gasteiger partial charge in [0.15, 0.2) is 0 Å². The quantitative estimate of drug-likeness (QED) is 0.489. The molecule has 1 heterocycles. The van der Waals surface area contributed by atoms with E-state index in [1.54, 1.807) is 25.6 Å². The zero-order valence-electron chi connectivity index (χ0n) is 18.5. The maximum absolute atomic E-state index is 13.4. The number of nitrogens with zero attached hydrogens (tertiary/aromatic N) is 2. The second-order valence-corrected chi connectivity index (χ2v) is 8.87. The molecule has 1 aliphatic carbocycles. The number of fused-ring (bicyclic) bond motifs is 1. The van der Waals surface area contributed by atoms with Gasteiger partial charge in [0.25, 0.3) is 0 Å². The fourth-order valence-corrected chi connectivity index (χ4v) is 4.66. The number of rotatable bonds is 5. The second-order valence-electron chi connectivity index (χ2n) is 8.87. The molecule has 0 spiro atoms. The lowest BCUT2D eigenvalue weighted by atomic mass is 9.96. The summed E-state index contributed by atoms with van der Waals surface area (Å²) in [5, 5.41) is 4.54. The Bertz CT molecular complexity index is 1010. The number of nitrogens with one attached hydrogen (secondary N) is 1. The van der Waals surface area contributed by atoms with Crippen LogP contribution in [0.3, 0.4) is 0 Å². The molecule has 0 amide bonds. The SMILES string of the molecule is COc1cc(-c2ccc(F)cc2)cc2c(NCC3CCCCC(C)CCC3)ncnc12. The Kier molecular flexibility index (Phi) is 7.00. The van der Waals surface area contributed by atoms with Crippen LogP contribution in [0.4, 0.5) is 10.2 Å². The van der Waals surface area contributed by atoms with Crippen LogP contribution in [0, 0.1) is 17.7 Å². The maximum atomic E-state index is 13.4. The van der Waals surface area contributed by atoms with Crippen LogP contribution in [0.2, 0.25) is 0 Å². The van der Waals surface area contributed by atoms with E-state index in [2.05, 4.69) is 28.3 Å². The number of benzene rings is 2. The Labute approximate surface area is 184 Å². The van der Waals surface area contributed by atoms with Crippen LogP contribution in [0.25, 0.3) is 22.0 Å². The molecule has 1 aliphatic rings. The molecule has 0 aliphatic heterocycles. The van der Waals surface area contributed by atoms with Crippen LogP contribution in [-0.2, 0) is 0 Å². The van der Waals surface area contributed by atoms with Crippen molar-refractivity contribution in [2.24, 2.45) is 11.8 Å². The molecule has 4 rings (SSSR count). The van der Waals surface area contributed by atoms with E-state index in [4.69, 9.17) is 4.74 Å². The molecule has 1 N–H and O–H groups in total. The summed E-state index contributed by atoms with van der Waals surface area (Å²) in [7, 11) is 1.65. The topological polar surface area (TPSA) is 47.0 Å². The van der Waals surface area contributed by atoms with E-state index in [0.29, 0.717) is 11.7 Å². The van der Waals surface area contributed by atoms with Crippen molar-refractivity contribution in [2.45, 2.75) is 51.9 Å². The molecular formula is C26H32FN3O. The summed E-state index contributed by atoms with van der Waals surface area (Å²) in [4.78, 5) is 9.02. The Morgan fingerprint density at radius 3 is 2.52 bits per heavy atom. The summed E-state index contributed by atoms with van der Waals surface area (Å²) < 4.78 is 19.0. The first-order valence-electron chi connectivity index (χ1n) is 11.5. The molecule has 5 heteroatoms. The average molecular weight is 422 g/mol. The summed E-state index contributed by atoms with van der Waals surface area (Å²) in [6.45, 7) is 3.31. The van der Waals surface area contributed by atoms with Crippen LogP contribution in [-0.4, -0.2) is 23.6 Å². The van der Waals surface area contributed by atoms with Crippen LogP contribution in [0.5, 0.6) is 5.75 Å². The average Bonchev–Trinajstić information content (AvgIpc) is 2.89. The van der Waals surface area contributed by atoms with Gasteiger partial charge in [-0.1, -0.05) is 51.2 Å². The molecule has 1 saturated carbocycles. The van der Waals surface area contributed by atoms with Gasteiger partial charge in [-0.2, -0.15) is 0 Å². The minimum Gasteiger partial charge on any atom is -0.494 e. The highest BCUT2D eigenvalue weighted by molar-refractivity contribution is 5.96. The highest BCUT2D eigenvalue weighted by Gasteiger charge is 2.16. The molecule has 164 valence electrons. The Morgan fingerprint density at radius 1 is 0.968 bits per heavy atom. The van der Waals surface area contributed by atoms with Gasteiger partial charge in [-0.15, -0.1) is 0 Å². The normalized spacial score (nSPS) is 20.0. The van der Waals surface area contributed by atoms with E-state index in [1.807, 2.05) is 6.07 Å². The third-order valence-electron chi connectivity index (χ3n) is 6.53. The molecule has 31 heavy (non-hydrogen) atoms. The van der Waals surface area contributed by atoms with E-state index in [0.717, 1.165) is 40.3 Å². The van der Waals surface area contributed by atoms with Gasteiger partial charge in [-0.05, 0) is 60.1 Å². The third kappa shape index (κ3) is 5.33. The predicted octanol–water partition coefficient (Wildman–Crippen LogP) is 6.85. The Morgan fingerprint density at radius 2 is 1.71 bits per heavy atom. The number of aromatic nitrogens is 2. The van der Waals surface area contributed by atoms with Gasteiger partial charge < -0.3 is 10.1 Å². The number of hydrogen-bond acceptors (Lipinski definition) is 4. The van der Waals surface area contributed by atoms with Gasteiger partial charge >= 0.3 is 0 Å². The minimum absolute atomic E-state index is 0.244. The predicted molar refractivity (Wildman–Crippen MR) is 125 cm³/mol. The van der Waals surface area contributed by atoms with E-state index in [9.17, 15) is 4.39 Å². The first-order valence-corrected chi connectivity index (χ1v) is 11.5. The van der Waals surface area contributed by atoms with E-state index in [-0.39, 0.29) is 5.82 Å². The van der Waals surface area contributed by atoms with Crippen molar-refractivity contribution in [2.75, 3.05) is 19.0 Å². The maximum Gasteiger partial charge on any atom is 0.145 e. The number of halogens is 1. The summed E-state index contributed by atoms with van der Waals surface area (Å²) in [6.07, 6.45) is 10.8. The van der Waals surface area contributed by atoms with Gasteiger partial charge in [0, 0.05) is 11.9 Å². The number of methoxy groups -OCH3 is 1. The molecule has 1 fully saturated rings. The first-order chi connectivity index (χ1) is 15.1. The largest absolute Gasteiger partial charge is 0.494 e. The van der Waals surface area contributed by atoms with Crippen molar-refractivity contribution in [1.82, 2.24) is 9.97 Å². The molecule has 2 unspecified atom stereocenters. The Balaban J connectivity index is 1.60. The number of anilines is 1. The van der Waals surface area contributed by atoms with Crippen molar-refractivity contribution < 1.29 is 9.13 Å². The van der Waals surface area contributed by atoms with E-state index >= 15 is 0 Å². The molecule has 2 atom stereocenters. The molecule has 4 nitrogen and oxygen atoms in total. The monoisotopic (exact) mass is 421 g/mol. The van der Waals surface area contributed by atoms with E-state index < -0.39 is 0 Å². The molecular weight excluding hydrogens is 389 g/mol. The molecule has 2 aromatic carbocycles. The summed E-state index contributed by atoms with van der Waals surface area (Å²) >= 11 is 0. The van der Waals surface area contributed by atoms with Crippen LogP contribution < -0.4 is 10.1 Å². The lowest BCUT2D eigenvalue weighted by Crippen LogP contribution is -2.15. The van der Waals surface area contributed by atoms with Crippen LogP contribution >= 0.6 is 0 Å². The summed E-state index contributed by atoms with van der Waals surface area (Å²) in [5.41, 5.74) is 2.68.